The first-order valence-electron chi connectivity index (χ1n) is 26.6. The van der Waals surface area contributed by atoms with Crippen molar-refractivity contribution in [1.82, 2.24) is 0 Å². The molecule has 0 bridgehead atoms. The lowest BCUT2D eigenvalue weighted by molar-refractivity contribution is -0.165. The average Bonchev–Trinajstić information content (AvgIpc) is 0.832. The highest BCUT2D eigenvalue weighted by Gasteiger charge is 2.38. The summed E-state index contributed by atoms with van der Waals surface area (Å²) in [4.78, 5) is 155. The van der Waals surface area contributed by atoms with Gasteiger partial charge in [-0.2, -0.15) is 0 Å². The monoisotopic (exact) mass is 1430 g/mol. The van der Waals surface area contributed by atoms with Gasteiger partial charge in [0.1, 0.15) is 71.6 Å². The molecule has 0 aliphatic carbocycles. The predicted octanol–water partition coefficient (Wildman–Crippen LogP) is -5.54. The summed E-state index contributed by atoms with van der Waals surface area (Å²) < 4.78 is 0. The second-order valence-corrected chi connectivity index (χ2v) is 19.5. The van der Waals surface area contributed by atoms with Gasteiger partial charge in [-0.15, -0.1) is 0 Å². The first-order chi connectivity index (χ1) is 45.0. The third kappa shape index (κ3) is 37.3. The van der Waals surface area contributed by atoms with Crippen molar-refractivity contribution in [3.05, 3.63) is 87.0 Å². The number of aliphatic hydroxyl groups is 13. The smallest absolute Gasteiger partial charge is 0.339 e. The largest absolute Gasteiger partial charge is 0.508 e. The Bertz CT molecular complexity index is 3170. The summed E-state index contributed by atoms with van der Waals surface area (Å²) in [6.45, 7) is 6.36. The lowest BCUT2D eigenvalue weighted by Crippen LogP contribution is -2.49. The van der Waals surface area contributed by atoms with Crippen molar-refractivity contribution in [2.24, 2.45) is 0 Å². The van der Waals surface area contributed by atoms with Crippen LogP contribution in [0.15, 0.2) is 42.5 Å². The first kappa shape index (κ1) is 96.9. The highest BCUT2D eigenvalue weighted by Crippen LogP contribution is 2.25. The van der Waals surface area contributed by atoms with Crippen molar-refractivity contribution in [2.45, 2.75) is 140 Å². The second kappa shape index (κ2) is 46.4. The van der Waals surface area contributed by atoms with Crippen LogP contribution in [0.25, 0.3) is 0 Å². The third-order valence-electron chi connectivity index (χ3n) is 11.7. The highest BCUT2D eigenvalue weighted by molar-refractivity contribution is 5.99. The van der Waals surface area contributed by atoms with Crippen molar-refractivity contribution in [3.63, 3.8) is 0 Å². The number of aromatic hydroxyl groups is 3. The molecule has 3 aromatic carbocycles. The van der Waals surface area contributed by atoms with Gasteiger partial charge in [-0.3, -0.25) is 28.8 Å². The maximum Gasteiger partial charge on any atom is 0.339 e. The van der Waals surface area contributed by atoms with Gasteiger partial charge in [0.15, 0.2) is 35.2 Å². The molecule has 0 spiro atoms. The van der Waals surface area contributed by atoms with E-state index >= 15 is 0 Å². The minimum Gasteiger partial charge on any atom is -0.508 e. The number of carbonyl (C=O) groups is 15. The van der Waals surface area contributed by atoms with Gasteiger partial charge >= 0.3 is 71.6 Å². The second-order valence-electron chi connectivity index (χ2n) is 19.5. The van der Waals surface area contributed by atoms with Gasteiger partial charge in [-0.25, -0.2) is 43.2 Å². The molecule has 0 aromatic heterocycles. The molecule has 556 valence electrons. The zero-order valence-electron chi connectivity index (χ0n) is 52.1. The van der Waals surface area contributed by atoms with Crippen molar-refractivity contribution < 1.29 is 215 Å². The summed E-state index contributed by atoms with van der Waals surface area (Å²) in [5.41, 5.74) is -3.36. The summed E-state index contributed by atoms with van der Waals surface area (Å²) in [6.07, 6.45) is -22.2. The molecule has 0 saturated heterocycles. The summed E-state index contributed by atoms with van der Waals surface area (Å²) >= 11 is 0. The molecule has 0 saturated carbocycles. The first-order valence-corrected chi connectivity index (χ1v) is 26.6. The van der Waals surface area contributed by atoms with E-state index in [9.17, 15) is 77.0 Å². The topological polar surface area (TPSA) is 822 Å². The summed E-state index contributed by atoms with van der Waals surface area (Å²) in [5.74, 6) is -19.7. The fraction of sp³-hybridized carbons (Fsp3) is 0.411. The quantitative estimate of drug-likeness (QED) is 0.0338. The molecule has 0 radical (unpaired) electrons. The number of hydrogen-bond donors (Lipinski definition) is 28. The number of benzene rings is 3. The van der Waals surface area contributed by atoms with Crippen LogP contribution < -0.4 is 0 Å². The van der Waals surface area contributed by atoms with Crippen LogP contribution >= 0.6 is 0 Å². The lowest BCUT2D eigenvalue weighted by atomic mass is 9.97. The Hall–Kier alpha value is -10.8. The van der Waals surface area contributed by atoms with Gasteiger partial charge in [0.25, 0.3) is 0 Å². The van der Waals surface area contributed by atoms with Gasteiger partial charge < -0.3 is 143 Å². The molecule has 0 fully saturated rings. The van der Waals surface area contributed by atoms with E-state index in [0.717, 1.165) is 57.2 Å². The number of aliphatic hydroxyl groups excluding tert-OH is 12. The summed E-state index contributed by atoms with van der Waals surface area (Å²) in [5, 5.41) is 243. The van der Waals surface area contributed by atoms with Crippen LogP contribution in [0.1, 0.15) is 127 Å². The number of phenols is 3. The number of carboxylic acid groups (broad SMARTS) is 12. The number of hydrogen-bond acceptors (Lipinski definition) is 31. The van der Waals surface area contributed by atoms with Gasteiger partial charge in [-0.05, 0) is 94.6 Å². The molecular formula is C56H74O43. The number of aromatic carboxylic acids is 6. The van der Waals surface area contributed by atoms with Crippen LogP contribution in [0.2, 0.25) is 0 Å². The number of carboxylic acids is 12. The van der Waals surface area contributed by atoms with Crippen LogP contribution in [0, 0.1) is 13.8 Å². The number of ketones is 3. The van der Waals surface area contributed by atoms with E-state index in [2.05, 4.69) is 0 Å². The zero-order valence-corrected chi connectivity index (χ0v) is 52.1. The van der Waals surface area contributed by atoms with Crippen molar-refractivity contribution in [3.8, 4) is 17.2 Å². The molecule has 0 amide bonds. The van der Waals surface area contributed by atoms with Gasteiger partial charge in [0.05, 0.1) is 59.8 Å². The zero-order chi connectivity index (χ0) is 79.3. The highest BCUT2D eigenvalue weighted by atomic mass is 16.5. The van der Waals surface area contributed by atoms with Crippen LogP contribution in [0.4, 0.5) is 0 Å². The molecule has 0 aliphatic rings. The SMILES string of the molecule is CC(=O)C(O)C(O)C(=O)O.CC(=O)[C@H](O)[C@@H](O)[C@@H](O)[C@H](O)C(=O)O.CC(=O)[C@H](O)[C@@H](O)[C@H](O)[C@H](O)CO.CCC(O)(CC(=O)O)C(=O)O.Cc1c(C(=O)O)cc(O)cc1C(=O)O.Cc1c(C(=O)O)ccc(O)c1C(=O)O.O=C(O)CC(O)CC(=O)O.O=C(O)c1cc(O)cc(C(=O)O)c1. The standard InChI is InChI=1S/2C9H8O5.C8H6O5.C7H12O7.C7H14O6.C6H10O5.2C5H8O5/c1-4-6(8(11)12)2-5(10)3-7(4)9(13)14;1-4-5(8(11)12)2-3-6(10)7(4)9(13)14;9-6-2-4(7(10)11)1-5(3-6)8(12)13;1-2(8)3(9)4(10)5(11)6(12)7(13)14;1-3(9)5(11)7(13)6(12)4(10)2-8;1-2-6(11,5(9)10)3-4(7)8;6-3(1-4(7)8)2-5(9)10;1-2(6)3(7)4(8)5(9)10/h2*2-3,10H,1H3,(H,11,12)(H,13,14);1-3,9H,(H,10,11)(H,12,13);3-6,9-12H,1H3,(H,13,14);4-8,10-13H,2H2,1H3;11H,2-3H2,1H3,(H,7,8)(H,9,10);3,6H,1-2H2,(H,7,8)(H,9,10);3-4,7-8H,1H3,(H,9,10)/t;;;3-,4+,5+,6-;4-,5+,6-,7-;;;/m...01.../s1. The van der Waals surface area contributed by atoms with E-state index in [4.69, 9.17) is 138 Å². The summed E-state index contributed by atoms with van der Waals surface area (Å²) in [6, 6.07) is 7.20. The Morgan fingerprint density at radius 2 is 0.747 bits per heavy atom. The van der Waals surface area contributed by atoms with Crippen LogP contribution in [0.3, 0.4) is 0 Å². The molecule has 99 heavy (non-hydrogen) atoms. The van der Waals surface area contributed by atoms with E-state index in [-0.39, 0.29) is 62.4 Å². The van der Waals surface area contributed by atoms with E-state index in [1.54, 1.807) is 0 Å². The van der Waals surface area contributed by atoms with Crippen molar-refractivity contribution in [1.29, 1.82) is 0 Å². The third-order valence-corrected chi connectivity index (χ3v) is 11.7. The van der Waals surface area contributed by atoms with Crippen molar-refractivity contribution >= 4 is 89.0 Å². The van der Waals surface area contributed by atoms with E-state index in [1.165, 1.54) is 26.8 Å². The van der Waals surface area contributed by atoms with Crippen LogP contribution in [-0.2, 0) is 43.2 Å². The number of rotatable bonds is 27. The molecule has 43 heteroatoms. The molecule has 28 N–H and O–H groups in total. The minimum atomic E-state index is -2.25. The Balaban J connectivity index is -0.000000341. The Morgan fingerprint density at radius 3 is 1.00 bits per heavy atom. The fourth-order valence-electron chi connectivity index (χ4n) is 6.16. The van der Waals surface area contributed by atoms with Gasteiger partial charge in [0, 0.05) is 0 Å². The number of phenolic OH excluding ortho intramolecular Hbond substituents is 2. The van der Waals surface area contributed by atoms with Crippen LogP contribution in [-0.4, -0.2) is 311 Å². The lowest BCUT2D eigenvalue weighted by Gasteiger charge is -2.23. The molecule has 0 aliphatic heterocycles. The number of aliphatic carboxylic acids is 6. The summed E-state index contributed by atoms with van der Waals surface area (Å²) in [7, 11) is 0. The number of Topliss-reactive ketones (excluding diaryl/α,β-unsaturated/α-hetero) is 3. The molecule has 3 unspecified atom stereocenters. The molecule has 3 aromatic rings. The van der Waals surface area contributed by atoms with E-state index < -0.39 is 193 Å². The van der Waals surface area contributed by atoms with Gasteiger partial charge in [-0.1, -0.05) is 6.92 Å². The van der Waals surface area contributed by atoms with E-state index in [1.807, 2.05) is 0 Å². The molecule has 11 atom stereocenters. The van der Waals surface area contributed by atoms with Crippen LogP contribution in [0.5, 0.6) is 17.2 Å². The maximum atomic E-state index is 10.7. The Morgan fingerprint density at radius 1 is 0.404 bits per heavy atom. The maximum absolute atomic E-state index is 10.7. The Labute approximate surface area is 553 Å². The number of carbonyl (C=O) groups excluding carboxylic acids is 3. The van der Waals surface area contributed by atoms with E-state index in [0.29, 0.717) is 0 Å². The molecule has 3 rings (SSSR count). The van der Waals surface area contributed by atoms with Gasteiger partial charge in [0.2, 0.25) is 0 Å². The fourth-order valence-corrected chi connectivity index (χ4v) is 6.16. The average molecular weight is 1440 g/mol. The predicted molar refractivity (Wildman–Crippen MR) is 316 cm³/mol. The Kier molecular flexibility index (Phi) is 45.4. The van der Waals surface area contributed by atoms with Crippen molar-refractivity contribution in [2.75, 3.05) is 6.61 Å². The minimum absolute atomic E-state index is 0.0463. The normalized spacial score (nSPS) is 13.8. The molecule has 43 nitrogen and oxygen atoms in total. The molecule has 0 heterocycles. The molecular weight excluding hydrogens is 1360 g/mol.